The van der Waals surface area contributed by atoms with Gasteiger partial charge in [0.1, 0.15) is 0 Å². The number of aromatic amines is 1. The van der Waals surface area contributed by atoms with Crippen LogP contribution in [0.25, 0.3) is 10.9 Å². The van der Waals surface area contributed by atoms with Gasteiger partial charge in [-0.05, 0) is 12.5 Å². The fourth-order valence-electron chi connectivity index (χ4n) is 2.13. The van der Waals surface area contributed by atoms with Gasteiger partial charge in [-0.2, -0.15) is 0 Å². The highest BCUT2D eigenvalue weighted by molar-refractivity contribution is 6.08. The minimum Gasteiger partial charge on any atom is -0.381 e. The third-order valence-electron chi connectivity index (χ3n) is 3.05. The van der Waals surface area contributed by atoms with Crippen LogP contribution >= 0.6 is 0 Å². The van der Waals surface area contributed by atoms with Crippen molar-refractivity contribution in [3.8, 4) is 0 Å². The summed E-state index contributed by atoms with van der Waals surface area (Å²) in [6.45, 7) is 1.24. The number of ether oxygens (including phenoxy) is 1. The fraction of sp³-hybridized carbons (Fsp3) is 0.333. The largest absolute Gasteiger partial charge is 0.381 e. The van der Waals surface area contributed by atoms with Crippen molar-refractivity contribution in [2.24, 2.45) is 5.92 Å². The Labute approximate surface area is 92.6 Å². The van der Waals surface area contributed by atoms with Crippen LogP contribution in [0.3, 0.4) is 0 Å². The molecule has 4 nitrogen and oxygen atoms in total. The number of carbonyl (C=O) groups excluding carboxylic acids is 1. The molecule has 3 heterocycles. The Kier molecular flexibility index (Phi) is 2.22. The second-order valence-electron chi connectivity index (χ2n) is 4.05. The van der Waals surface area contributed by atoms with Crippen LogP contribution in [0.15, 0.2) is 24.7 Å². The van der Waals surface area contributed by atoms with Gasteiger partial charge in [-0.3, -0.25) is 9.78 Å². The summed E-state index contributed by atoms with van der Waals surface area (Å²) in [7, 11) is 0. The molecule has 0 amide bonds. The number of hydrogen-bond donors (Lipinski definition) is 1. The minimum absolute atomic E-state index is 0.0132. The molecule has 0 radical (unpaired) electrons. The predicted molar refractivity (Wildman–Crippen MR) is 59.4 cm³/mol. The first-order valence-corrected chi connectivity index (χ1v) is 5.39. The average Bonchev–Trinajstić information content (AvgIpc) is 2.98. The van der Waals surface area contributed by atoms with Crippen LogP contribution in [0.2, 0.25) is 0 Å². The van der Waals surface area contributed by atoms with Crippen LogP contribution in [0, 0.1) is 5.92 Å². The molecule has 1 atom stereocenters. The molecule has 4 heteroatoms. The van der Waals surface area contributed by atoms with E-state index in [0.29, 0.717) is 13.2 Å². The van der Waals surface area contributed by atoms with Gasteiger partial charge in [-0.1, -0.05) is 0 Å². The van der Waals surface area contributed by atoms with Crippen molar-refractivity contribution >= 4 is 16.7 Å². The third kappa shape index (κ3) is 1.42. The summed E-state index contributed by atoms with van der Waals surface area (Å²) in [6.07, 6.45) is 6.04. The quantitative estimate of drug-likeness (QED) is 0.778. The van der Waals surface area contributed by atoms with Crippen LogP contribution in [0.4, 0.5) is 0 Å². The summed E-state index contributed by atoms with van der Waals surface area (Å²) in [5.74, 6) is 0.177. The molecule has 1 aliphatic rings. The number of nitrogens with zero attached hydrogens (tertiary/aromatic N) is 1. The number of H-pyrrole nitrogens is 1. The molecule has 0 aliphatic carbocycles. The van der Waals surface area contributed by atoms with E-state index in [2.05, 4.69) is 9.97 Å². The van der Waals surface area contributed by atoms with Crippen molar-refractivity contribution in [1.82, 2.24) is 9.97 Å². The monoisotopic (exact) mass is 216 g/mol. The molecule has 2 aromatic rings. The lowest BCUT2D eigenvalue weighted by atomic mass is 9.97. The van der Waals surface area contributed by atoms with Gasteiger partial charge in [-0.15, -0.1) is 0 Å². The van der Waals surface area contributed by atoms with Crippen molar-refractivity contribution in [1.29, 1.82) is 0 Å². The Morgan fingerprint density at radius 2 is 2.50 bits per heavy atom. The number of carbonyl (C=O) groups is 1. The molecule has 0 saturated carbocycles. The number of ketones is 1. The summed E-state index contributed by atoms with van der Waals surface area (Å²) in [6, 6.07) is 1.87. The van der Waals surface area contributed by atoms with E-state index >= 15 is 0 Å². The SMILES string of the molecule is O=C(c1c[nH]c2ccncc12)C1CCOC1. The number of Topliss-reactive ketones (excluding diaryl/α,β-unsaturated/α-hetero) is 1. The average molecular weight is 216 g/mol. The molecule has 1 aliphatic heterocycles. The van der Waals surface area contributed by atoms with Gasteiger partial charge in [0.25, 0.3) is 0 Å². The predicted octanol–water partition coefficient (Wildman–Crippen LogP) is 1.78. The van der Waals surface area contributed by atoms with E-state index in [1.165, 1.54) is 0 Å². The van der Waals surface area contributed by atoms with Crippen molar-refractivity contribution < 1.29 is 9.53 Å². The maximum absolute atomic E-state index is 12.2. The number of rotatable bonds is 2. The molecular weight excluding hydrogens is 204 g/mol. The number of aromatic nitrogens is 2. The highest BCUT2D eigenvalue weighted by Gasteiger charge is 2.26. The van der Waals surface area contributed by atoms with Crippen molar-refractivity contribution in [3.63, 3.8) is 0 Å². The first kappa shape index (κ1) is 9.54. The molecule has 1 unspecified atom stereocenters. The lowest BCUT2D eigenvalue weighted by Crippen LogP contribution is -2.14. The second-order valence-corrected chi connectivity index (χ2v) is 4.05. The number of hydrogen-bond acceptors (Lipinski definition) is 3. The van der Waals surface area contributed by atoms with E-state index in [9.17, 15) is 4.79 Å². The molecule has 0 aromatic carbocycles. The Hall–Kier alpha value is -1.68. The molecule has 2 aromatic heterocycles. The van der Waals surface area contributed by atoms with Crippen LogP contribution in [0.1, 0.15) is 16.8 Å². The second kappa shape index (κ2) is 3.72. The number of fused-ring (bicyclic) bond motifs is 1. The highest BCUT2D eigenvalue weighted by Crippen LogP contribution is 2.23. The molecule has 0 bridgehead atoms. The summed E-state index contributed by atoms with van der Waals surface area (Å²) in [4.78, 5) is 19.3. The molecule has 3 rings (SSSR count). The summed E-state index contributed by atoms with van der Waals surface area (Å²) >= 11 is 0. The standard InChI is InChI=1S/C12H12N2O2/c15-12(8-2-4-16-7-8)10-6-14-11-1-3-13-5-9(10)11/h1,3,5-6,8,14H,2,4,7H2. The molecular formula is C12H12N2O2. The lowest BCUT2D eigenvalue weighted by molar-refractivity contribution is 0.0902. The zero-order valence-electron chi connectivity index (χ0n) is 8.77. The first-order chi connectivity index (χ1) is 7.86. The Morgan fingerprint density at radius 3 is 3.31 bits per heavy atom. The van der Waals surface area contributed by atoms with Gasteiger partial charge >= 0.3 is 0 Å². The minimum atomic E-state index is 0.0132. The Balaban J connectivity index is 2.02. The molecule has 1 fully saturated rings. The van der Waals surface area contributed by atoms with Crippen LogP contribution in [-0.2, 0) is 4.74 Å². The molecule has 16 heavy (non-hydrogen) atoms. The number of nitrogens with one attached hydrogen (secondary N) is 1. The zero-order valence-corrected chi connectivity index (χ0v) is 8.77. The summed E-state index contributed by atoms with van der Waals surface area (Å²) in [5, 5.41) is 0.902. The van der Waals surface area contributed by atoms with Gasteiger partial charge in [0.2, 0.25) is 0 Å². The van der Waals surface area contributed by atoms with Gasteiger partial charge in [0, 0.05) is 47.6 Å². The highest BCUT2D eigenvalue weighted by atomic mass is 16.5. The maximum atomic E-state index is 12.2. The molecule has 1 saturated heterocycles. The Morgan fingerprint density at radius 1 is 1.56 bits per heavy atom. The van der Waals surface area contributed by atoms with Crippen molar-refractivity contribution in [3.05, 3.63) is 30.2 Å². The first-order valence-electron chi connectivity index (χ1n) is 5.39. The van der Waals surface area contributed by atoms with Gasteiger partial charge in [0.15, 0.2) is 5.78 Å². The van der Waals surface area contributed by atoms with E-state index in [1.807, 2.05) is 6.07 Å². The van der Waals surface area contributed by atoms with E-state index in [0.717, 1.165) is 22.9 Å². The van der Waals surface area contributed by atoms with Crippen LogP contribution in [-0.4, -0.2) is 29.0 Å². The summed E-state index contributed by atoms with van der Waals surface area (Å²) in [5.41, 5.74) is 1.69. The van der Waals surface area contributed by atoms with Gasteiger partial charge in [-0.25, -0.2) is 0 Å². The fourth-order valence-corrected chi connectivity index (χ4v) is 2.13. The maximum Gasteiger partial charge on any atom is 0.170 e. The van der Waals surface area contributed by atoms with Crippen LogP contribution < -0.4 is 0 Å². The van der Waals surface area contributed by atoms with Gasteiger partial charge in [0.05, 0.1) is 6.61 Å². The topological polar surface area (TPSA) is 55.0 Å². The van der Waals surface area contributed by atoms with E-state index in [1.54, 1.807) is 18.6 Å². The lowest BCUT2D eigenvalue weighted by Gasteiger charge is -2.04. The smallest absolute Gasteiger partial charge is 0.170 e. The van der Waals surface area contributed by atoms with Crippen LogP contribution in [0.5, 0.6) is 0 Å². The van der Waals surface area contributed by atoms with Crippen molar-refractivity contribution in [2.75, 3.05) is 13.2 Å². The third-order valence-corrected chi connectivity index (χ3v) is 3.05. The molecule has 82 valence electrons. The van der Waals surface area contributed by atoms with Gasteiger partial charge < -0.3 is 9.72 Å². The Bertz CT molecular complexity index is 527. The van der Waals surface area contributed by atoms with E-state index < -0.39 is 0 Å². The summed E-state index contributed by atoms with van der Waals surface area (Å²) < 4.78 is 5.24. The molecule has 0 spiro atoms. The number of pyridine rings is 1. The van der Waals surface area contributed by atoms with E-state index in [-0.39, 0.29) is 11.7 Å². The zero-order chi connectivity index (χ0) is 11.0. The van der Waals surface area contributed by atoms with E-state index in [4.69, 9.17) is 4.74 Å². The normalized spacial score (nSPS) is 20.4. The van der Waals surface area contributed by atoms with Crippen molar-refractivity contribution in [2.45, 2.75) is 6.42 Å². The molecule has 1 N–H and O–H groups in total.